The summed E-state index contributed by atoms with van der Waals surface area (Å²) in [5, 5.41) is 39.0. The first-order chi connectivity index (χ1) is 24.3. The second kappa shape index (κ2) is 16.1. The van der Waals surface area contributed by atoms with E-state index < -0.39 is 30.1 Å². The van der Waals surface area contributed by atoms with E-state index in [2.05, 4.69) is 54.6 Å². The minimum atomic E-state index is -1.47. The van der Waals surface area contributed by atoms with Crippen LogP contribution in [0.5, 0.6) is 11.5 Å². The van der Waals surface area contributed by atoms with Crippen molar-refractivity contribution in [3.8, 4) is 11.5 Å². The Bertz CT molecular complexity index is 1660. The molecular weight excluding hydrogens is 650 g/mol. The van der Waals surface area contributed by atoms with Gasteiger partial charge in [-0.1, -0.05) is 39.0 Å². The Labute approximate surface area is 301 Å². The third-order valence-corrected chi connectivity index (χ3v) is 10.7. The van der Waals surface area contributed by atoms with E-state index in [1.807, 2.05) is 37.3 Å². The number of pyridine rings is 2. The number of aromatic nitrogens is 2. The molecule has 1 aromatic carbocycles. The van der Waals surface area contributed by atoms with Gasteiger partial charge in [0.2, 0.25) is 0 Å². The van der Waals surface area contributed by atoms with Crippen LogP contribution < -0.4 is 19.3 Å². The van der Waals surface area contributed by atoms with Crippen molar-refractivity contribution in [3.05, 3.63) is 70.5 Å². The van der Waals surface area contributed by atoms with Gasteiger partial charge in [-0.05, 0) is 74.6 Å². The number of hydrogen-bond donors (Lipinski definition) is 4. The first-order valence-corrected chi connectivity index (χ1v) is 18.0. The second-order valence-corrected chi connectivity index (χ2v) is 14.3. The maximum Gasteiger partial charge on any atom is 0.253 e. The van der Waals surface area contributed by atoms with E-state index in [1.54, 1.807) is 14.0 Å². The number of hydrogen-bond acceptors (Lipinski definition) is 11. The molecule has 12 heteroatoms. The first-order valence-electron chi connectivity index (χ1n) is 18.0. The standard InChI is InChI=1S/C28H39N3O6.C11H16N2O/c1-6-22-17(2)7-10-26(29-22)30-12-20(13-30)37-25-11-19(8-9-24(25)36-5)21-14-31(27(35)23(34)15-32)16-28(21,4)18(3)33;1-3-10-8(2)4-5-11(12-10)13-6-9(14)7-13/h7-11,18,20-21,23,32-34H,6,12-16H2,1-5H3;4-5,9,14H,3,6-7H2,1-2H3/t18-,21+,23+,28+;/m1./s1. The first kappa shape index (κ1) is 38.3. The van der Waals surface area contributed by atoms with Crippen LogP contribution in [0.2, 0.25) is 0 Å². The van der Waals surface area contributed by atoms with Gasteiger partial charge in [0.15, 0.2) is 17.6 Å². The lowest BCUT2D eigenvalue weighted by atomic mass is 9.72. The number of carbonyl (C=O) groups excluding carboxylic acids is 1. The van der Waals surface area contributed by atoms with Crippen molar-refractivity contribution in [1.29, 1.82) is 0 Å². The SMILES string of the molecule is CCc1nc(N2CC(O)C2)ccc1C.CCc1nc(N2CC(Oc3cc([C@@H]4CN(C(=O)[C@@H](O)CO)C[C@@]4(C)[C@@H](C)O)ccc3OC)C2)ccc1C. The van der Waals surface area contributed by atoms with Crippen molar-refractivity contribution in [1.82, 2.24) is 14.9 Å². The smallest absolute Gasteiger partial charge is 0.253 e. The van der Waals surface area contributed by atoms with E-state index in [4.69, 9.17) is 14.5 Å². The van der Waals surface area contributed by atoms with Crippen molar-refractivity contribution in [3.63, 3.8) is 0 Å². The molecule has 0 bridgehead atoms. The molecule has 51 heavy (non-hydrogen) atoms. The number of anilines is 2. The van der Waals surface area contributed by atoms with Crippen molar-refractivity contribution >= 4 is 17.5 Å². The number of aliphatic hydroxyl groups is 4. The average molecular weight is 706 g/mol. The summed E-state index contributed by atoms with van der Waals surface area (Å²) in [4.78, 5) is 27.8. The van der Waals surface area contributed by atoms with Crippen LogP contribution in [0.15, 0.2) is 42.5 Å². The third kappa shape index (κ3) is 8.25. The number of benzene rings is 1. The zero-order chi connectivity index (χ0) is 37.0. The summed E-state index contributed by atoms with van der Waals surface area (Å²) < 4.78 is 11.9. The number of amides is 1. The van der Waals surface area contributed by atoms with Crippen LogP contribution in [0.25, 0.3) is 0 Å². The van der Waals surface area contributed by atoms with E-state index in [1.165, 1.54) is 16.0 Å². The van der Waals surface area contributed by atoms with Crippen molar-refractivity contribution < 1.29 is 34.7 Å². The molecule has 3 aromatic rings. The Morgan fingerprint density at radius 2 is 1.47 bits per heavy atom. The highest BCUT2D eigenvalue weighted by Crippen LogP contribution is 2.47. The van der Waals surface area contributed by atoms with Gasteiger partial charge in [-0.3, -0.25) is 4.79 Å². The lowest BCUT2D eigenvalue weighted by molar-refractivity contribution is -0.141. The maximum absolute atomic E-state index is 12.6. The van der Waals surface area contributed by atoms with Crippen LogP contribution in [0, 0.1) is 19.3 Å². The van der Waals surface area contributed by atoms with Gasteiger partial charge >= 0.3 is 0 Å². The number of nitrogens with zero attached hydrogens (tertiary/aromatic N) is 5. The van der Waals surface area contributed by atoms with E-state index >= 15 is 0 Å². The molecule has 3 saturated heterocycles. The maximum atomic E-state index is 12.6. The fourth-order valence-electron chi connectivity index (χ4n) is 7.09. The highest BCUT2D eigenvalue weighted by atomic mass is 16.5. The number of β-amino-alcohol motifs (C(OH)–C–C–N with tert-alkyl or cyclic N) is 1. The van der Waals surface area contributed by atoms with Crippen LogP contribution in [0.3, 0.4) is 0 Å². The summed E-state index contributed by atoms with van der Waals surface area (Å²) in [5.74, 6) is 2.45. The summed E-state index contributed by atoms with van der Waals surface area (Å²) in [7, 11) is 1.60. The van der Waals surface area contributed by atoms with Crippen molar-refractivity contribution in [2.75, 3.05) is 62.8 Å². The van der Waals surface area contributed by atoms with E-state index in [-0.39, 0.29) is 24.7 Å². The largest absolute Gasteiger partial charge is 0.493 e. The second-order valence-electron chi connectivity index (χ2n) is 14.3. The normalized spacial score (nSPS) is 21.7. The monoisotopic (exact) mass is 705 g/mol. The molecule has 0 unspecified atom stereocenters. The molecule has 0 saturated carbocycles. The average Bonchev–Trinajstić information content (AvgIpc) is 3.47. The minimum absolute atomic E-state index is 0.0261. The van der Waals surface area contributed by atoms with Gasteiger partial charge in [0, 0.05) is 48.9 Å². The van der Waals surface area contributed by atoms with Crippen molar-refractivity contribution in [2.45, 2.75) is 84.7 Å². The predicted octanol–water partition coefficient (Wildman–Crippen LogP) is 3.03. The molecule has 0 radical (unpaired) electrons. The quantitative estimate of drug-likeness (QED) is 0.233. The molecule has 0 aliphatic carbocycles. The molecule has 12 nitrogen and oxygen atoms in total. The number of ether oxygens (including phenoxy) is 2. The summed E-state index contributed by atoms with van der Waals surface area (Å²) in [6.45, 7) is 14.9. The minimum Gasteiger partial charge on any atom is -0.493 e. The lowest BCUT2D eigenvalue weighted by Crippen LogP contribution is -2.54. The van der Waals surface area contributed by atoms with Gasteiger partial charge in [-0.25, -0.2) is 9.97 Å². The molecule has 6 rings (SSSR count). The predicted molar refractivity (Wildman–Crippen MR) is 197 cm³/mol. The van der Waals surface area contributed by atoms with E-state index in [0.29, 0.717) is 31.1 Å². The van der Waals surface area contributed by atoms with Gasteiger partial charge < -0.3 is 44.6 Å². The summed E-state index contributed by atoms with van der Waals surface area (Å²) >= 11 is 0. The van der Waals surface area contributed by atoms with Gasteiger partial charge in [0.25, 0.3) is 5.91 Å². The Kier molecular flexibility index (Phi) is 12.1. The van der Waals surface area contributed by atoms with Crippen LogP contribution in [-0.2, 0) is 17.6 Å². The van der Waals surface area contributed by atoms with Crippen LogP contribution in [0.1, 0.15) is 61.7 Å². The number of aliphatic hydroxyl groups excluding tert-OH is 4. The van der Waals surface area contributed by atoms with Crippen molar-refractivity contribution in [2.24, 2.45) is 5.41 Å². The Morgan fingerprint density at radius 1 is 0.902 bits per heavy atom. The molecule has 4 atom stereocenters. The van der Waals surface area contributed by atoms with E-state index in [9.17, 15) is 25.2 Å². The van der Waals surface area contributed by atoms with Gasteiger partial charge in [0.05, 0.1) is 39.0 Å². The number of likely N-dealkylation sites (tertiary alicyclic amines) is 1. The molecule has 0 spiro atoms. The fraction of sp³-hybridized carbons (Fsp3) is 0.564. The van der Waals surface area contributed by atoms with Gasteiger partial charge in [-0.15, -0.1) is 0 Å². The zero-order valence-corrected chi connectivity index (χ0v) is 31.0. The summed E-state index contributed by atoms with van der Waals surface area (Å²) in [6.07, 6.45) is -0.500. The highest BCUT2D eigenvalue weighted by molar-refractivity contribution is 5.81. The molecule has 5 heterocycles. The highest BCUT2D eigenvalue weighted by Gasteiger charge is 2.49. The summed E-state index contributed by atoms with van der Waals surface area (Å²) in [6, 6.07) is 14.0. The molecule has 278 valence electrons. The lowest BCUT2D eigenvalue weighted by Gasteiger charge is -2.40. The molecular formula is C39H55N5O7. The van der Waals surface area contributed by atoms with Gasteiger partial charge in [0.1, 0.15) is 17.7 Å². The van der Waals surface area contributed by atoms with Crippen LogP contribution in [0.4, 0.5) is 11.6 Å². The third-order valence-electron chi connectivity index (χ3n) is 10.7. The van der Waals surface area contributed by atoms with E-state index in [0.717, 1.165) is 54.5 Å². The molecule has 2 aromatic heterocycles. The number of aryl methyl sites for hydroxylation is 4. The summed E-state index contributed by atoms with van der Waals surface area (Å²) in [5.41, 5.74) is 4.98. The molecule has 3 aliphatic rings. The van der Waals surface area contributed by atoms with Crippen LogP contribution in [-0.4, -0.2) is 119 Å². The Morgan fingerprint density at radius 3 is 1.96 bits per heavy atom. The number of rotatable bonds is 11. The number of methoxy groups -OCH3 is 1. The Hall–Kier alpha value is -3.97. The van der Waals surface area contributed by atoms with Crippen LogP contribution >= 0.6 is 0 Å². The molecule has 1 amide bonds. The topological polar surface area (TPSA) is 152 Å². The number of carbonyl (C=O) groups is 1. The molecule has 3 fully saturated rings. The zero-order valence-electron chi connectivity index (χ0n) is 31.0. The van der Waals surface area contributed by atoms with Gasteiger partial charge in [-0.2, -0.15) is 0 Å². The molecule has 4 N–H and O–H groups in total. The molecule has 3 aliphatic heterocycles. The fourth-order valence-corrected chi connectivity index (χ4v) is 7.09. The Balaban J connectivity index is 0.000000299.